The highest BCUT2D eigenvalue weighted by Crippen LogP contribution is 2.32. The van der Waals surface area contributed by atoms with Crippen LogP contribution in [-0.2, 0) is 0 Å². The number of hydrogen-bond donors (Lipinski definition) is 1. The van der Waals surface area contributed by atoms with E-state index in [-0.39, 0.29) is 0 Å². The van der Waals surface area contributed by atoms with Gasteiger partial charge in [0.05, 0.1) is 6.04 Å². The van der Waals surface area contributed by atoms with Crippen molar-refractivity contribution in [1.29, 1.82) is 0 Å². The zero-order valence-corrected chi connectivity index (χ0v) is 13.9. The van der Waals surface area contributed by atoms with E-state index in [2.05, 4.69) is 37.2 Å². The molecule has 0 spiro atoms. The van der Waals surface area contributed by atoms with Crippen molar-refractivity contribution in [2.75, 3.05) is 6.54 Å². The molecule has 2 rings (SSSR count). The van der Waals surface area contributed by atoms with Gasteiger partial charge in [-0.15, -0.1) is 0 Å². The van der Waals surface area contributed by atoms with Crippen LogP contribution in [0.3, 0.4) is 0 Å². The highest BCUT2D eigenvalue weighted by atomic mass is 79.9. The Hall–Kier alpha value is -0.780. The minimum absolute atomic E-state index is 0.297. The van der Waals surface area contributed by atoms with Crippen LogP contribution in [0.2, 0.25) is 0 Å². The van der Waals surface area contributed by atoms with E-state index in [0.29, 0.717) is 12.1 Å². The molecule has 1 atom stereocenters. The minimum atomic E-state index is -0.837. The number of rotatable bonds is 4. The Morgan fingerprint density at radius 2 is 1.85 bits per heavy atom. The number of nitrogens with one attached hydrogen (secondary N) is 1. The van der Waals surface area contributed by atoms with E-state index in [1.165, 1.54) is 6.07 Å². The zero-order valence-electron chi connectivity index (χ0n) is 10.8. The van der Waals surface area contributed by atoms with Crippen LogP contribution >= 0.6 is 31.9 Å². The average molecular weight is 405 g/mol. The smallest absolute Gasteiger partial charge is 0.163 e. The van der Waals surface area contributed by atoms with Crippen molar-refractivity contribution in [3.63, 3.8) is 0 Å². The first-order valence-corrected chi connectivity index (χ1v) is 7.75. The lowest BCUT2D eigenvalue weighted by Crippen LogP contribution is -2.23. The lowest BCUT2D eigenvalue weighted by Gasteiger charge is -2.21. The molecule has 0 fully saturated rings. The summed E-state index contributed by atoms with van der Waals surface area (Å²) in [6.07, 6.45) is 0. The summed E-state index contributed by atoms with van der Waals surface area (Å²) in [5.41, 5.74) is 1.15. The van der Waals surface area contributed by atoms with Crippen LogP contribution in [0.15, 0.2) is 45.3 Å². The molecule has 20 heavy (non-hydrogen) atoms. The second kappa shape index (κ2) is 6.78. The first-order valence-electron chi connectivity index (χ1n) is 6.16. The first kappa shape index (κ1) is 15.6. The van der Waals surface area contributed by atoms with Gasteiger partial charge in [-0.2, -0.15) is 0 Å². The summed E-state index contributed by atoms with van der Waals surface area (Å²) >= 11 is 6.87. The zero-order chi connectivity index (χ0) is 14.7. The molecular formula is C15H13Br2F2N. The molecule has 1 unspecified atom stereocenters. The Labute approximate surface area is 133 Å². The predicted molar refractivity (Wildman–Crippen MR) is 83.7 cm³/mol. The van der Waals surface area contributed by atoms with E-state index in [0.717, 1.165) is 20.6 Å². The summed E-state index contributed by atoms with van der Waals surface area (Å²) in [6, 6.07) is 9.48. The average Bonchev–Trinajstić information content (AvgIpc) is 2.43. The fraction of sp³-hybridized carbons (Fsp3) is 0.200. The fourth-order valence-corrected chi connectivity index (χ4v) is 2.93. The van der Waals surface area contributed by atoms with Crippen LogP contribution in [0, 0.1) is 11.6 Å². The van der Waals surface area contributed by atoms with E-state index in [4.69, 9.17) is 0 Å². The van der Waals surface area contributed by atoms with Gasteiger partial charge in [-0.3, -0.25) is 0 Å². The monoisotopic (exact) mass is 403 g/mol. The summed E-state index contributed by atoms with van der Waals surface area (Å²) in [5, 5.41) is 3.19. The molecule has 0 saturated heterocycles. The highest BCUT2D eigenvalue weighted by molar-refractivity contribution is 9.11. The Bertz CT molecular complexity index is 615. The van der Waals surface area contributed by atoms with E-state index >= 15 is 0 Å². The molecule has 2 aromatic rings. The Morgan fingerprint density at radius 3 is 2.55 bits per heavy atom. The van der Waals surface area contributed by atoms with Crippen molar-refractivity contribution in [2.24, 2.45) is 0 Å². The lowest BCUT2D eigenvalue weighted by molar-refractivity contribution is 0.482. The second-order valence-electron chi connectivity index (χ2n) is 4.30. The maximum absolute atomic E-state index is 14.1. The molecular weight excluding hydrogens is 392 g/mol. The molecule has 2 aromatic carbocycles. The van der Waals surface area contributed by atoms with Crippen LogP contribution < -0.4 is 5.32 Å². The number of benzene rings is 2. The summed E-state index contributed by atoms with van der Waals surface area (Å²) in [5.74, 6) is -1.65. The maximum Gasteiger partial charge on any atom is 0.163 e. The third-order valence-electron chi connectivity index (χ3n) is 2.97. The van der Waals surface area contributed by atoms with Gasteiger partial charge in [0.2, 0.25) is 0 Å². The van der Waals surface area contributed by atoms with Gasteiger partial charge in [0, 0.05) is 14.5 Å². The second-order valence-corrected chi connectivity index (χ2v) is 6.07. The largest absolute Gasteiger partial charge is 0.306 e. The van der Waals surface area contributed by atoms with E-state index < -0.39 is 17.7 Å². The van der Waals surface area contributed by atoms with Gasteiger partial charge in [-0.05, 0) is 36.4 Å². The van der Waals surface area contributed by atoms with Crippen LogP contribution in [0.1, 0.15) is 24.1 Å². The van der Waals surface area contributed by atoms with E-state index in [9.17, 15) is 8.78 Å². The highest BCUT2D eigenvalue weighted by Gasteiger charge is 2.21. The topological polar surface area (TPSA) is 12.0 Å². The Kier molecular flexibility index (Phi) is 5.29. The molecule has 1 N–H and O–H groups in total. The van der Waals surface area contributed by atoms with Gasteiger partial charge in [0.25, 0.3) is 0 Å². The molecule has 0 aliphatic rings. The maximum atomic E-state index is 14.1. The van der Waals surface area contributed by atoms with Crippen molar-refractivity contribution in [3.05, 3.63) is 68.1 Å². The first-order chi connectivity index (χ1) is 9.54. The standard InChI is InChI=1S/C15H13Br2F2N/c1-2-20-15(10-4-3-5-13(18)14(10)19)11-8-9(16)6-7-12(11)17/h3-8,15,20H,2H2,1H3. The molecule has 0 radical (unpaired) electrons. The van der Waals surface area contributed by atoms with Gasteiger partial charge in [0.15, 0.2) is 11.6 Å². The van der Waals surface area contributed by atoms with Gasteiger partial charge >= 0.3 is 0 Å². The van der Waals surface area contributed by atoms with Crippen molar-refractivity contribution in [2.45, 2.75) is 13.0 Å². The van der Waals surface area contributed by atoms with E-state index in [1.807, 2.05) is 25.1 Å². The molecule has 0 aromatic heterocycles. The number of halogens is 4. The molecule has 0 aliphatic carbocycles. The molecule has 0 aliphatic heterocycles. The van der Waals surface area contributed by atoms with Gasteiger partial charge in [-0.25, -0.2) is 8.78 Å². The quantitative estimate of drug-likeness (QED) is 0.739. The Balaban J connectivity index is 2.56. The van der Waals surface area contributed by atoms with Crippen LogP contribution in [-0.4, -0.2) is 6.54 Å². The van der Waals surface area contributed by atoms with Crippen LogP contribution in [0.25, 0.3) is 0 Å². The lowest BCUT2D eigenvalue weighted by atomic mass is 9.98. The molecule has 5 heteroatoms. The minimum Gasteiger partial charge on any atom is -0.306 e. The summed E-state index contributed by atoms with van der Waals surface area (Å²) in [4.78, 5) is 0. The van der Waals surface area contributed by atoms with Crippen LogP contribution in [0.5, 0.6) is 0 Å². The summed E-state index contributed by atoms with van der Waals surface area (Å²) in [7, 11) is 0. The van der Waals surface area contributed by atoms with Crippen molar-refractivity contribution < 1.29 is 8.78 Å². The predicted octanol–water partition coefficient (Wildman–Crippen LogP) is 5.19. The molecule has 1 nitrogen and oxygen atoms in total. The van der Waals surface area contributed by atoms with Gasteiger partial charge in [-0.1, -0.05) is 50.9 Å². The molecule has 0 bridgehead atoms. The van der Waals surface area contributed by atoms with Crippen molar-refractivity contribution in [1.82, 2.24) is 5.32 Å². The van der Waals surface area contributed by atoms with E-state index in [1.54, 1.807) is 6.07 Å². The molecule has 0 saturated carbocycles. The van der Waals surface area contributed by atoms with Crippen molar-refractivity contribution >= 4 is 31.9 Å². The Morgan fingerprint density at radius 1 is 1.10 bits per heavy atom. The molecule has 0 heterocycles. The van der Waals surface area contributed by atoms with Gasteiger partial charge < -0.3 is 5.32 Å². The van der Waals surface area contributed by atoms with Crippen LogP contribution in [0.4, 0.5) is 8.78 Å². The molecule has 106 valence electrons. The fourth-order valence-electron chi connectivity index (χ4n) is 2.07. The normalized spacial score (nSPS) is 12.4. The summed E-state index contributed by atoms with van der Waals surface area (Å²) < 4.78 is 29.2. The summed E-state index contributed by atoms with van der Waals surface area (Å²) in [6.45, 7) is 2.57. The third-order valence-corrected chi connectivity index (χ3v) is 4.19. The third kappa shape index (κ3) is 3.27. The van der Waals surface area contributed by atoms with Gasteiger partial charge in [0.1, 0.15) is 0 Å². The SMILES string of the molecule is CCNC(c1cc(Br)ccc1Br)c1cccc(F)c1F. The molecule has 0 amide bonds. The van der Waals surface area contributed by atoms with Crippen molar-refractivity contribution in [3.8, 4) is 0 Å². The number of hydrogen-bond acceptors (Lipinski definition) is 1.